The molecule has 3 N–H and O–H groups in total. The Bertz CT molecular complexity index is 573. The highest BCUT2D eigenvalue weighted by Gasteiger charge is 2.08. The van der Waals surface area contributed by atoms with E-state index in [0.717, 1.165) is 0 Å². The highest BCUT2D eigenvalue weighted by molar-refractivity contribution is 5.97. The maximum Gasteiger partial charge on any atom is 0.305 e. The van der Waals surface area contributed by atoms with E-state index in [0.29, 0.717) is 11.4 Å². The Kier molecular flexibility index (Phi) is 6.28. The van der Waals surface area contributed by atoms with Crippen molar-refractivity contribution in [2.75, 3.05) is 19.0 Å². The van der Waals surface area contributed by atoms with Crippen LogP contribution in [0, 0.1) is 11.3 Å². The molecule has 0 heterocycles. The Morgan fingerprint density at radius 1 is 1.38 bits per heavy atom. The number of nitriles is 1. The Labute approximate surface area is 121 Å². The second-order valence-corrected chi connectivity index (χ2v) is 3.94. The minimum Gasteiger partial charge on any atom is -0.497 e. The lowest BCUT2D eigenvalue weighted by Crippen LogP contribution is -2.27. The summed E-state index contributed by atoms with van der Waals surface area (Å²) in [5.41, 5.74) is 0.540. The van der Waals surface area contributed by atoms with Gasteiger partial charge < -0.3 is 20.5 Å². The summed E-state index contributed by atoms with van der Waals surface area (Å²) in [5, 5.41) is 22.5. The standard InChI is InChI=1S/C14H15N3O4/c1-21-12-4-2-11(3-5-12)17-9-10(8-15)14(20)16-7-6-13(18)19/h2-5,9,17H,6-7H2,1H3,(H,16,20)(H,18,19)/b10-9-. The van der Waals surface area contributed by atoms with Gasteiger partial charge in [-0.05, 0) is 24.3 Å². The molecule has 110 valence electrons. The van der Waals surface area contributed by atoms with Crippen LogP contribution in [0.25, 0.3) is 0 Å². The van der Waals surface area contributed by atoms with Gasteiger partial charge in [0, 0.05) is 18.4 Å². The Morgan fingerprint density at radius 3 is 2.57 bits per heavy atom. The third kappa shape index (κ3) is 5.65. The zero-order chi connectivity index (χ0) is 15.7. The van der Waals surface area contributed by atoms with Crippen LogP contribution in [0.2, 0.25) is 0 Å². The Balaban J connectivity index is 2.59. The van der Waals surface area contributed by atoms with E-state index in [1.165, 1.54) is 6.20 Å². The molecule has 0 saturated heterocycles. The van der Waals surface area contributed by atoms with Crippen molar-refractivity contribution in [3.05, 3.63) is 36.0 Å². The number of rotatable bonds is 7. The van der Waals surface area contributed by atoms with Gasteiger partial charge in [-0.3, -0.25) is 9.59 Å². The first-order valence-electron chi connectivity index (χ1n) is 6.07. The fourth-order valence-corrected chi connectivity index (χ4v) is 1.37. The molecule has 0 aliphatic carbocycles. The van der Waals surface area contributed by atoms with Crippen LogP contribution >= 0.6 is 0 Å². The highest BCUT2D eigenvalue weighted by atomic mass is 16.5. The predicted molar refractivity (Wildman–Crippen MR) is 75.6 cm³/mol. The number of aliphatic carboxylic acids is 1. The monoisotopic (exact) mass is 289 g/mol. The van der Waals surface area contributed by atoms with E-state index in [9.17, 15) is 9.59 Å². The maximum absolute atomic E-state index is 11.6. The van der Waals surface area contributed by atoms with E-state index < -0.39 is 11.9 Å². The van der Waals surface area contributed by atoms with E-state index in [1.807, 2.05) is 0 Å². The summed E-state index contributed by atoms with van der Waals surface area (Å²) >= 11 is 0. The topological polar surface area (TPSA) is 111 Å². The first-order chi connectivity index (χ1) is 10.1. The van der Waals surface area contributed by atoms with Gasteiger partial charge in [0.25, 0.3) is 5.91 Å². The summed E-state index contributed by atoms with van der Waals surface area (Å²) in [6, 6.07) is 8.67. The average Bonchev–Trinajstić information content (AvgIpc) is 2.48. The zero-order valence-corrected chi connectivity index (χ0v) is 11.4. The van der Waals surface area contributed by atoms with Gasteiger partial charge in [-0.15, -0.1) is 0 Å². The molecule has 21 heavy (non-hydrogen) atoms. The molecular weight excluding hydrogens is 274 g/mol. The molecule has 0 radical (unpaired) electrons. The van der Waals surface area contributed by atoms with Crippen molar-refractivity contribution in [2.24, 2.45) is 0 Å². The second-order valence-electron chi connectivity index (χ2n) is 3.94. The van der Waals surface area contributed by atoms with Crippen molar-refractivity contribution < 1.29 is 19.4 Å². The summed E-state index contributed by atoms with van der Waals surface area (Å²) in [7, 11) is 1.55. The van der Waals surface area contributed by atoms with Gasteiger partial charge >= 0.3 is 5.97 Å². The fourth-order valence-electron chi connectivity index (χ4n) is 1.37. The van der Waals surface area contributed by atoms with Crippen LogP contribution in [-0.4, -0.2) is 30.6 Å². The lowest BCUT2D eigenvalue weighted by Gasteiger charge is -2.05. The van der Waals surface area contributed by atoms with Gasteiger partial charge in [-0.2, -0.15) is 5.26 Å². The number of benzene rings is 1. The number of nitrogens with one attached hydrogen (secondary N) is 2. The van der Waals surface area contributed by atoms with Crippen LogP contribution in [0.15, 0.2) is 36.0 Å². The molecule has 0 aliphatic rings. The second kappa shape index (κ2) is 8.22. The lowest BCUT2D eigenvalue weighted by atomic mass is 10.2. The molecule has 7 heteroatoms. The number of nitrogens with zero attached hydrogens (tertiary/aromatic N) is 1. The SMILES string of the molecule is COc1ccc(N/C=C(/C#N)C(=O)NCCC(=O)O)cc1. The number of hydrogen-bond acceptors (Lipinski definition) is 5. The van der Waals surface area contributed by atoms with Gasteiger partial charge in [0.2, 0.25) is 0 Å². The Morgan fingerprint density at radius 2 is 2.05 bits per heavy atom. The minimum absolute atomic E-state index is 0.0320. The third-order valence-electron chi connectivity index (χ3n) is 2.46. The summed E-state index contributed by atoms with van der Waals surface area (Å²) in [4.78, 5) is 22.0. The van der Waals surface area contributed by atoms with Gasteiger partial charge in [0.05, 0.1) is 13.5 Å². The average molecular weight is 289 g/mol. The zero-order valence-electron chi connectivity index (χ0n) is 11.4. The van der Waals surface area contributed by atoms with Crippen molar-refractivity contribution >= 4 is 17.6 Å². The molecule has 0 unspecified atom stereocenters. The number of anilines is 1. The minimum atomic E-state index is -1.02. The predicted octanol–water partition coefficient (Wildman–Crippen LogP) is 1.11. The largest absolute Gasteiger partial charge is 0.497 e. The van der Waals surface area contributed by atoms with Crippen LogP contribution in [0.4, 0.5) is 5.69 Å². The van der Waals surface area contributed by atoms with Gasteiger partial charge in [0.1, 0.15) is 17.4 Å². The number of ether oxygens (including phenoxy) is 1. The van der Waals surface area contributed by atoms with Crippen LogP contribution in [0.1, 0.15) is 6.42 Å². The number of carboxylic acid groups (broad SMARTS) is 1. The highest BCUT2D eigenvalue weighted by Crippen LogP contribution is 2.15. The molecule has 0 fully saturated rings. The van der Waals surface area contributed by atoms with Crippen molar-refractivity contribution in [1.29, 1.82) is 5.26 Å². The number of amides is 1. The maximum atomic E-state index is 11.6. The van der Waals surface area contributed by atoms with Crippen molar-refractivity contribution in [2.45, 2.75) is 6.42 Å². The van der Waals surface area contributed by atoms with Crippen LogP contribution in [-0.2, 0) is 9.59 Å². The van der Waals surface area contributed by atoms with E-state index in [-0.39, 0.29) is 18.5 Å². The number of carbonyl (C=O) groups excluding carboxylic acids is 1. The molecule has 0 bridgehead atoms. The molecule has 7 nitrogen and oxygen atoms in total. The van der Waals surface area contributed by atoms with Crippen LogP contribution < -0.4 is 15.4 Å². The summed E-state index contributed by atoms with van der Waals surface area (Å²) in [6.07, 6.45) is 1.06. The molecule has 0 aromatic heterocycles. The van der Waals surface area contributed by atoms with Crippen LogP contribution in [0.5, 0.6) is 5.75 Å². The number of hydrogen-bond donors (Lipinski definition) is 3. The molecule has 1 aromatic carbocycles. The van der Waals surface area contributed by atoms with Gasteiger partial charge in [-0.25, -0.2) is 0 Å². The quantitative estimate of drug-likeness (QED) is 0.512. The number of carbonyl (C=O) groups is 2. The van der Waals surface area contributed by atoms with Gasteiger partial charge in [0.15, 0.2) is 0 Å². The first kappa shape index (κ1) is 16.0. The number of carboxylic acids is 1. The molecule has 0 spiro atoms. The van der Waals surface area contributed by atoms with E-state index in [1.54, 1.807) is 37.4 Å². The lowest BCUT2D eigenvalue weighted by molar-refractivity contribution is -0.136. The van der Waals surface area contributed by atoms with E-state index in [2.05, 4.69) is 10.6 Å². The smallest absolute Gasteiger partial charge is 0.305 e. The third-order valence-corrected chi connectivity index (χ3v) is 2.46. The van der Waals surface area contributed by atoms with Crippen molar-refractivity contribution in [1.82, 2.24) is 5.32 Å². The number of methoxy groups -OCH3 is 1. The normalized spacial score (nSPS) is 10.4. The molecule has 0 saturated carbocycles. The van der Waals surface area contributed by atoms with Crippen molar-refractivity contribution in [3.63, 3.8) is 0 Å². The summed E-state index contributed by atoms with van der Waals surface area (Å²) < 4.78 is 5.01. The molecule has 0 aliphatic heterocycles. The van der Waals surface area contributed by atoms with E-state index in [4.69, 9.17) is 15.1 Å². The van der Waals surface area contributed by atoms with Crippen LogP contribution in [0.3, 0.4) is 0 Å². The fraction of sp³-hybridized carbons (Fsp3) is 0.214. The summed E-state index contributed by atoms with van der Waals surface area (Å²) in [5.74, 6) is -0.953. The van der Waals surface area contributed by atoms with Crippen molar-refractivity contribution in [3.8, 4) is 11.8 Å². The van der Waals surface area contributed by atoms with E-state index >= 15 is 0 Å². The summed E-state index contributed by atoms with van der Waals surface area (Å²) in [6.45, 7) is -0.0320. The molecule has 1 amide bonds. The Hall–Kier alpha value is -3.01. The first-order valence-corrected chi connectivity index (χ1v) is 6.07. The van der Waals surface area contributed by atoms with Gasteiger partial charge in [-0.1, -0.05) is 0 Å². The molecule has 1 rings (SSSR count). The molecular formula is C14H15N3O4. The molecule has 1 aromatic rings. The molecule has 0 atom stereocenters.